The lowest BCUT2D eigenvalue weighted by Gasteiger charge is -2.45. The number of hydrogen-bond acceptors (Lipinski definition) is 3. The highest BCUT2D eigenvalue weighted by Crippen LogP contribution is 2.33. The van der Waals surface area contributed by atoms with Crippen molar-refractivity contribution >= 4 is 0 Å². The van der Waals surface area contributed by atoms with Crippen LogP contribution >= 0.6 is 0 Å². The fourth-order valence-corrected chi connectivity index (χ4v) is 4.09. The maximum atomic E-state index is 9.72. The maximum absolute atomic E-state index is 9.72. The van der Waals surface area contributed by atoms with Crippen LogP contribution in [-0.2, 0) is 0 Å². The van der Waals surface area contributed by atoms with Gasteiger partial charge in [0, 0.05) is 17.6 Å². The summed E-state index contributed by atoms with van der Waals surface area (Å²) in [7, 11) is 4.33. The number of rotatable bonds is 4. The van der Waals surface area contributed by atoms with E-state index in [1.54, 1.807) is 0 Å². The third kappa shape index (κ3) is 3.71. The minimum Gasteiger partial charge on any atom is -0.394 e. The molecular formula is C16H32N2O. The quantitative estimate of drug-likeness (QED) is 0.769. The van der Waals surface area contributed by atoms with Crippen molar-refractivity contribution in [3.05, 3.63) is 0 Å². The van der Waals surface area contributed by atoms with E-state index in [0.29, 0.717) is 6.04 Å². The highest BCUT2D eigenvalue weighted by Gasteiger charge is 2.37. The third-order valence-electron chi connectivity index (χ3n) is 5.63. The van der Waals surface area contributed by atoms with E-state index >= 15 is 0 Å². The highest BCUT2D eigenvalue weighted by atomic mass is 16.3. The monoisotopic (exact) mass is 268 g/mol. The molecule has 3 heteroatoms. The zero-order chi connectivity index (χ0) is 13.7. The third-order valence-corrected chi connectivity index (χ3v) is 5.63. The van der Waals surface area contributed by atoms with E-state index in [-0.39, 0.29) is 12.1 Å². The Kier molecular flexibility index (Phi) is 5.67. The molecular weight excluding hydrogens is 236 g/mol. The predicted octanol–water partition coefficient (Wildman–Crippen LogP) is 2.53. The molecule has 0 radical (unpaired) electrons. The Bertz CT molecular complexity index is 257. The number of hydrogen-bond donors (Lipinski definition) is 2. The summed E-state index contributed by atoms with van der Waals surface area (Å²) in [4.78, 5) is 2.65. The molecule has 2 unspecified atom stereocenters. The summed E-state index contributed by atoms with van der Waals surface area (Å²) in [6.45, 7) is 0.276. The zero-order valence-electron chi connectivity index (χ0n) is 12.8. The lowest BCUT2D eigenvalue weighted by atomic mass is 9.78. The van der Waals surface area contributed by atoms with Crippen molar-refractivity contribution in [1.29, 1.82) is 0 Å². The van der Waals surface area contributed by atoms with Crippen LogP contribution in [0, 0.1) is 0 Å². The molecule has 3 nitrogen and oxygen atoms in total. The summed E-state index contributed by atoms with van der Waals surface area (Å²) in [6, 6.07) is 1.43. The summed E-state index contributed by atoms with van der Waals surface area (Å²) < 4.78 is 0. The average molecular weight is 268 g/mol. The van der Waals surface area contributed by atoms with Crippen molar-refractivity contribution in [1.82, 2.24) is 10.2 Å². The molecule has 0 spiro atoms. The first kappa shape index (κ1) is 15.3. The van der Waals surface area contributed by atoms with E-state index in [2.05, 4.69) is 17.3 Å². The van der Waals surface area contributed by atoms with Gasteiger partial charge in [-0.15, -0.1) is 0 Å². The lowest BCUT2D eigenvalue weighted by Crippen LogP contribution is -2.55. The summed E-state index contributed by atoms with van der Waals surface area (Å²) in [5.74, 6) is 0. The average Bonchev–Trinajstić information content (AvgIpc) is 2.75. The lowest BCUT2D eigenvalue weighted by molar-refractivity contribution is 0.0529. The Morgan fingerprint density at radius 2 is 1.68 bits per heavy atom. The first-order valence-electron chi connectivity index (χ1n) is 8.22. The van der Waals surface area contributed by atoms with E-state index in [0.717, 1.165) is 18.9 Å². The van der Waals surface area contributed by atoms with Crippen LogP contribution in [0.3, 0.4) is 0 Å². The van der Waals surface area contributed by atoms with Gasteiger partial charge < -0.3 is 15.3 Å². The number of nitrogens with one attached hydrogen (secondary N) is 1. The zero-order valence-corrected chi connectivity index (χ0v) is 12.8. The second-order valence-corrected chi connectivity index (χ2v) is 6.75. The molecule has 2 N–H and O–H groups in total. The molecule has 0 bridgehead atoms. The molecule has 0 aliphatic heterocycles. The molecule has 2 atom stereocenters. The molecule has 0 amide bonds. The van der Waals surface area contributed by atoms with Crippen molar-refractivity contribution in [3.63, 3.8) is 0 Å². The van der Waals surface area contributed by atoms with Gasteiger partial charge in [0.15, 0.2) is 0 Å². The van der Waals surface area contributed by atoms with Crippen LogP contribution in [0.15, 0.2) is 0 Å². The molecule has 0 aromatic heterocycles. The van der Waals surface area contributed by atoms with E-state index < -0.39 is 0 Å². The molecule has 0 aromatic rings. The summed E-state index contributed by atoms with van der Waals surface area (Å²) >= 11 is 0. The van der Waals surface area contributed by atoms with Crippen molar-refractivity contribution in [2.75, 3.05) is 20.7 Å². The molecule has 2 saturated carbocycles. The minimum absolute atomic E-state index is 0.0259. The Hall–Kier alpha value is -0.120. The molecule has 0 aromatic carbocycles. The van der Waals surface area contributed by atoms with Crippen molar-refractivity contribution in [3.8, 4) is 0 Å². The van der Waals surface area contributed by atoms with Crippen molar-refractivity contribution in [2.24, 2.45) is 0 Å². The van der Waals surface area contributed by atoms with E-state index in [9.17, 15) is 5.11 Å². The smallest absolute Gasteiger partial charge is 0.0613 e. The standard InChI is InChI=1S/C16H32N2O/c1-17-16(13-19)11-7-10-15(12-16)18(2)14-8-5-3-4-6-9-14/h14-15,17,19H,3-13H2,1-2H3. The molecule has 0 saturated heterocycles. The number of aliphatic hydroxyl groups excluding tert-OH is 1. The minimum atomic E-state index is -0.0259. The molecule has 2 aliphatic carbocycles. The van der Waals surface area contributed by atoms with E-state index in [1.807, 2.05) is 7.05 Å². The summed E-state index contributed by atoms with van der Waals surface area (Å²) in [5, 5.41) is 13.1. The van der Waals surface area contributed by atoms with Gasteiger partial charge in [-0.3, -0.25) is 0 Å². The van der Waals surface area contributed by atoms with Crippen LogP contribution in [0.2, 0.25) is 0 Å². The van der Waals surface area contributed by atoms with Crippen molar-refractivity contribution in [2.45, 2.75) is 81.8 Å². The Balaban J connectivity index is 1.95. The first-order valence-corrected chi connectivity index (χ1v) is 8.22. The van der Waals surface area contributed by atoms with Gasteiger partial charge in [-0.1, -0.05) is 25.7 Å². The van der Waals surface area contributed by atoms with Crippen molar-refractivity contribution < 1.29 is 5.11 Å². The van der Waals surface area contributed by atoms with Gasteiger partial charge in [-0.2, -0.15) is 0 Å². The predicted molar refractivity (Wildman–Crippen MR) is 80.4 cm³/mol. The molecule has 19 heavy (non-hydrogen) atoms. The van der Waals surface area contributed by atoms with Gasteiger partial charge in [0.25, 0.3) is 0 Å². The first-order chi connectivity index (χ1) is 9.21. The fourth-order valence-electron chi connectivity index (χ4n) is 4.09. The van der Waals surface area contributed by atoms with Gasteiger partial charge in [0.2, 0.25) is 0 Å². The largest absolute Gasteiger partial charge is 0.394 e. The topological polar surface area (TPSA) is 35.5 Å². The Labute approximate surface area is 118 Å². The highest BCUT2D eigenvalue weighted by molar-refractivity contribution is 4.96. The molecule has 2 rings (SSSR count). The normalized spacial score (nSPS) is 34.4. The van der Waals surface area contributed by atoms with Crippen LogP contribution < -0.4 is 5.32 Å². The fraction of sp³-hybridized carbons (Fsp3) is 1.00. The Morgan fingerprint density at radius 1 is 1.05 bits per heavy atom. The van der Waals surface area contributed by atoms with Gasteiger partial charge in [-0.05, 0) is 52.6 Å². The number of nitrogens with zero attached hydrogens (tertiary/aromatic N) is 1. The second kappa shape index (κ2) is 7.05. The van der Waals surface area contributed by atoms with Gasteiger partial charge >= 0.3 is 0 Å². The molecule has 112 valence electrons. The maximum Gasteiger partial charge on any atom is 0.0613 e. The summed E-state index contributed by atoms with van der Waals surface area (Å²) in [5.41, 5.74) is -0.0259. The number of aliphatic hydroxyl groups is 1. The van der Waals surface area contributed by atoms with Crippen LogP contribution in [-0.4, -0.2) is 48.3 Å². The van der Waals surface area contributed by atoms with Crippen LogP contribution in [0.5, 0.6) is 0 Å². The van der Waals surface area contributed by atoms with Gasteiger partial charge in [-0.25, -0.2) is 0 Å². The van der Waals surface area contributed by atoms with Crippen LogP contribution in [0.1, 0.15) is 64.2 Å². The van der Waals surface area contributed by atoms with Crippen LogP contribution in [0.4, 0.5) is 0 Å². The SMILES string of the molecule is CNC1(CO)CCCC(N(C)C2CCCCCC2)C1. The molecule has 2 aliphatic rings. The second-order valence-electron chi connectivity index (χ2n) is 6.75. The van der Waals surface area contributed by atoms with Crippen LogP contribution in [0.25, 0.3) is 0 Å². The summed E-state index contributed by atoms with van der Waals surface area (Å²) in [6.07, 6.45) is 13.2. The number of likely N-dealkylation sites (N-methyl/N-ethyl adjacent to an activating group) is 1. The van der Waals surface area contributed by atoms with Gasteiger partial charge in [0.05, 0.1) is 6.61 Å². The molecule has 2 fully saturated rings. The van der Waals surface area contributed by atoms with E-state index in [4.69, 9.17) is 0 Å². The van der Waals surface area contributed by atoms with Gasteiger partial charge in [0.1, 0.15) is 0 Å². The Morgan fingerprint density at radius 3 is 2.26 bits per heavy atom. The molecule has 0 heterocycles. The van der Waals surface area contributed by atoms with E-state index in [1.165, 1.54) is 51.4 Å².